The molecule has 0 unspecified atom stereocenters. The van der Waals surface area contributed by atoms with Crippen molar-refractivity contribution in [3.63, 3.8) is 0 Å². The molecule has 36 heavy (non-hydrogen) atoms. The zero-order valence-electron chi connectivity index (χ0n) is 20.2. The molecule has 4 rings (SSSR count). The van der Waals surface area contributed by atoms with Gasteiger partial charge in [0, 0.05) is 0 Å². The van der Waals surface area contributed by atoms with Gasteiger partial charge in [-0.3, -0.25) is 4.79 Å². The van der Waals surface area contributed by atoms with Gasteiger partial charge in [0.15, 0.2) is 17.1 Å². The molecule has 0 spiro atoms. The van der Waals surface area contributed by atoms with E-state index in [1.54, 1.807) is 67.8 Å². The third-order valence-electron chi connectivity index (χ3n) is 5.76. The maximum Gasteiger partial charge on any atom is 0.281 e. The van der Waals surface area contributed by atoms with Crippen molar-refractivity contribution in [3.8, 4) is 11.5 Å². The highest BCUT2D eigenvalue weighted by atomic mass is 16.5. The largest absolute Gasteiger partial charge is 0.493 e. The van der Waals surface area contributed by atoms with Crippen LogP contribution >= 0.6 is 0 Å². The number of hydrazone groups is 1. The highest BCUT2D eigenvalue weighted by molar-refractivity contribution is 5.91. The summed E-state index contributed by atoms with van der Waals surface area (Å²) in [4.78, 5) is 13.2. The van der Waals surface area contributed by atoms with Crippen molar-refractivity contribution >= 4 is 12.1 Å². The number of hydrogen-bond acceptors (Lipinski definition) is 5. The number of aryl methyl sites for hydroxylation is 1. The number of benzene rings is 4. The van der Waals surface area contributed by atoms with Crippen molar-refractivity contribution in [3.05, 3.63) is 131 Å². The smallest absolute Gasteiger partial charge is 0.281 e. The molecule has 0 bridgehead atoms. The Hall–Kier alpha value is -4.42. The van der Waals surface area contributed by atoms with Crippen LogP contribution in [0.15, 0.2) is 108 Å². The van der Waals surface area contributed by atoms with E-state index in [1.807, 2.05) is 43.3 Å². The van der Waals surface area contributed by atoms with Gasteiger partial charge in [-0.05, 0) is 47.4 Å². The van der Waals surface area contributed by atoms with E-state index in [2.05, 4.69) is 16.6 Å². The topological polar surface area (TPSA) is 80.2 Å². The lowest BCUT2D eigenvalue weighted by Crippen LogP contribution is -2.43. The second-order valence-corrected chi connectivity index (χ2v) is 8.33. The maximum atomic E-state index is 13.2. The molecule has 0 aliphatic rings. The lowest BCUT2D eigenvalue weighted by Gasteiger charge is -2.27. The zero-order chi connectivity index (χ0) is 25.4. The minimum atomic E-state index is -1.90. The Morgan fingerprint density at radius 3 is 2.17 bits per heavy atom. The van der Waals surface area contributed by atoms with E-state index < -0.39 is 11.5 Å². The van der Waals surface area contributed by atoms with Gasteiger partial charge in [-0.15, -0.1) is 0 Å². The number of nitrogens with one attached hydrogen (secondary N) is 1. The molecular formula is C30H28N2O4. The monoisotopic (exact) mass is 480 g/mol. The number of rotatable bonds is 9. The molecule has 0 saturated carbocycles. The number of hydrogen-bond donors (Lipinski definition) is 2. The van der Waals surface area contributed by atoms with Crippen LogP contribution < -0.4 is 14.9 Å². The second-order valence-electron chi connectivity index (χ2n) is 8.33. The Morgan fingerprint density at radius 2 is 1.56 bits per heavy atom. The third-order valence-corrected chi connectivity index (χ3v) is 5.76. The van der Waals surface area contributed by atoms with Crippen LogP contribution in [0.5, 0.6) is 11.5 Å². The summed E-state index contributed by atoms with van der Waals surface area (Å²) in [5.41, 5.74) is 4.40. The predicted octanol–water partition coefficient (Wildman–Crippen LogP) is 4.97. The van der Waals surface area contributed by atoms with Gasteiger partial charge in [0.2, 0.25) is 0 Å². The minimum absolute atomic E-state index is 0.416. The van der Waals surface area contributed by atoms with E-state index in [4.69, 9.17) is 9.47 Å². The molecule has 0 aromatic heterocycles. The number of nitrogens with zero attached hydrogens (tertiary/aromatic N) is 1. The second kappa shape index (κ2) is 11.3. The van der Waals surface area contributed by atoms with Gasteiger partial charge in [0.1, 0.15) is 6.61 Å². The molecule has 4 aromatic rings. The van der Waals surface area contributed by atoms with E-state index >= 15 is 0 Å². The Balaban J connectivity index is 1.48. The fourth-order valence-corrected chi connectivity index (χ4v) is 3.88. The van der Waals surface area contributed by atoms with Gasteiger partial charge in [-0.2, -0.15) is 5.10 Å². The number of ether oxygens (including phenoxy) is 2. The SMILES string of the molecule is COc1cc(/C=N\NC(=O)C(O)(c2ccccc2)c2ccccc2)ccc1OCc1cccc(C)c1. The summed E-state index contributed by atoms with van der Waals surface area (Å²) < 4.78 is 11.4. The number of methoxy groups -OCH3 is 1. The van der Waals surface area contributed by atoms with Gasteiger partial charge in [-0.25, -0.2) is 5.43 Å². The van der Waals surface area contributed by atoms with Crippen molar-refractivity contribution < 1.29 is 19.4 Å². The average molecular weight is 481 g/mol. The van der Waals surface area contributed by atoms with E-state index in [0.29, 0.717) is 34.8 Å². The Bertz CT molecular complexity index is 1300. The van der Waals surface area contributed by atoms with Crippen LogP contribution in [0, 0.1) is 6.92 Å². The Kier molecular flexibility index (Phi) is 7.78. The summed E-state index contributed by atoms with van der Waals surface area (Å²) in [5.74, 6) is 0.479. The molecule has 0 heterocycles. The maximum absolute atomic E-state index is 13.2. The van der Waals surface area contributed by atoms with Crippen molar-refractivity contribution in [1.82, 2.24) is 5.43 Å². The molecule has 1 amide bonds. The predicted molar refractivity (Wildman–Crippen MR) is 140 cm³/mol. The Labute approximate surface area is 210 Å². The van der Waals surface area contributed by atoms with E-state index in [1.165, 1.54) is 11.8 Å². The Morgan fingerprint density at radius 1 is 0.889 bits per heavy atom. The van der Waals surface area contributed by atoms with Gasteiger partial charge >= 0.3 is 0 Å². The summed E-state index contributed by atoms with van der Waals surface area (Å²) in [5, 5.41) is 15.6. The summed E-state index contributed by atoms with van der Waals surface area (Å²) in [6.45, 7) is 2.45. The number of carbonyl (C=O) groups is 1. The molecular weight excluding hydrogens is 452 g/mol. The fraction of sp³-hybridized carbons (Fsp3) is 0.133. The van der Waals surface area contributed by atoms with Crippen LogP contribution in [0.25, 0.3) is 0 Å². The van der Waals surface area contributed by atoms with Crippen LogP contribution in [-0.4, -0.2) is 24.3 Å². The molecule has 0 aliphatic heterocycles. The van der Waals surface area contributed by atoms with Crippen LogP contribution in [0.1, 0.15) is 27.8 Å². The van der Waals surface area contributed by atoms with Gasteiger partial charge < -0.3 is 14.6 Å². The molecule has 182 valence electrons. The van der Waals surface area contributed by atoms with E-state index in [9.17, 15) is 9.90 Å². The first-order chi connectivity index (χ1) is 17.5. The summed E-state index contributed by atoms with van der Waals surface area (Å²) in [7, 11) is 1.57. The standard InChI is InChI=1S/C30H28N2O4/c1-22-10-9-11-24(18-22)21-36-27-17-16-23(19-28(27)35-2)20-31-32-29(33)30(34,25-12-5-3-6-13-25)26-14-7-4-8-15-26/h3-20,34H,21H2,1-2H3,(H,32,33)/b31-20-. The first kappa shape index (κ1) is 24.7. The van der Waals surface area contributed by atoms with Crippen molar-refractivity contribution in [2.75, 3.05) is 7.11 Å². The summed E-state index contributed by atoms with van der Waals surface area (Å²) in [6, 6.07) is 31.0. The van der Waals surface area contributed by atoms with Gasteiger partial charge in [0.05, 0.1) is 13.3 Å². The fourth-order valence-electron chi connectivity index (χ4n) is 3.88. The van der Waals surface area contributed by atoms with Crippen molar-refractivity contribution in [1.29, 1.82) is 0 Å². The summed E-state index contributed by atoms with van der Waals surface area (Å²) in [6.07, 6.45) is 1.49. The highest BCUT2D eigenvalue weighted by Gasteiger charge is 2.39. The number of carbonyl (C=O) groups excluding carboxylic acids is 1. The molecule has 0 aliphatic carbocycles. The summed E-state index contributed by atoms with van der Waals surface area (Å²) >= 11 is 0. The van der Waals surface area contributed by atoms with Crippen LogP contribution in [-0.2, 0) is 17.0 Å². The average Bonchev–Trinajstić information content (AvgIpc) is 2.92. The number of aliphatic hydroxyl groups is 1. The molecule has 6 heteroatoms. The van der Waals surface area contributed by atoms with E-state index in [0.717, 1.165) is 5.56 Å². The van der Waals surface area contributed by atoms with Crippen LogP contribution in [0.3, 0.4) is 0 Å². The van der Waals surface area contributed by atoms with Crippen molar-refractivity contribution in [2.24, 2.45) is 5.10 Å². The molecule has 0 fully saturated rings. The lowest BCUT2D eigenvalue weighted by molar-refractivity contribution is -0.136. The minimum Gasteiger partial charge on any atom is -0.493 e. The van der Waals surface area contributed by atoms with Crippen molar-refractivity contribution in [2.45, 2.75) is 19.1 Å². The molecule has 4 aromatic carbocycles. The molecule has 6 nitrogen and oxygen atoms in total. The van der Waals surface area contributed by atoms with E-state index in [-0.39, 0.29) is 0 Å². The third kappa shape index (κ3) is 5.62. The quantitative estimate of drug-likeness (QED) is 0.262. The molecule has 2 N–H and O–H groups in total. The molecule has 0 radical (unpaired) electrons. The van der Waals surface area contributed by atoms with Gasteiger partial charge in [0.25, 0.3) is 5.91 Å². The molecule has 0 atom stereocenters. The van der Waals surface area contributed by atoms with Crippen LogP contribution in [0.2, 0.25) is 0 Å². The normalized spacial score (nSPS) is 11.3. The van der Waals surface area contributed by atoms with Crippen LogP contribution in [0.4, 0.5) is 0 Å². The number of amides is 1. The highest BCUT2D eigenvalue weighted by Crippen LogP contribution is 2.30. The zero-order valence-corrected chi connectivity index (χ0v) is 20.2. The first-order valence-electron chi connectivity index (χ1n) is 11.5. The lowest BCUT2D eigenvalue weighted by atomic mass is 9.85. The molecule has 0 saturated heterocycles. The first-order valence-corrected chi connectivity index (χ1v) is 11.5. The van der Waals surface area contributed by atoms with Gasteiger partial charge in [-0.1, -0.05) is 90.5 Å².